The van der Waals surface area contributed by atoms with Gasteiger partial charge in [-0.1, -0.05) is 31.4 Å². The maximum Gasteiger partial charge on any atom is 0.338 e. The number of rotatable bonds is 4. The second-order valence-electron chi connectivity index (χ2n) is 6.31. The lowest BCUT2D eigenvalue weighted by Crippen LogP contribution is -2.37. The maximum absolute atomic E-state index is 12.0. The summed E-state index contributed by atoms with van der Waals surface area (Å²) in [5.41, 5.74) is 1.68. The summed E-state index contributed by atoms with van der Waals surface area (Å²) in [5.74, 6) is -0.464. The first kappa shape index (κ1) is 16.5. The van der Waals surface area contributed by atoms with E-state index in [4.69, 9.17) is 4.74 Å². The molecule has 6 heteroatoms. The quantitative estimate of drug-likeness (QED) is 0.860. The third-order valence-electron chi connectivity index (χ3n) is 4.71. The first-order chi connectivity index (χ1) is 11.6. The summed E-state index contributed by atoms with van der Waals surface area (Å²) in [6, 6.07) is 7.01. The Morgan fingerprint density at radius 2 is 1.83 bits per heavy atom. The Kier molecular flexibility index (Phi) is 5.13. The molecule has 6 nitrogen and oxygen atoms in total. The Morgan fingerprint density at radius 3 is 2.46 bits per heavy atom. The van der Waals surface area contributed by atoms with Crippen molar-refractivity contribution < 1.29 is 19.1 Å². The van der Waals surface area contributed by atoms with Gasteiger partial charge in [0.2, 0.25) is 0 Å². The lowest BCUT2D eigenvalue weighted by Gasteiger charge is -2.22. The fraction of sp³-hybridized carbons (Fsp3) is 0.500. The Bertz CT molecular complexity index is 620. The van der Waals surface area contributed by atoms with Crippen molar-refractivity contribution in [3.63, 3.8) is 0 Å². The van der Waals surface area contributed by atoms with Crippen LogP contribution in [0.15, 0.2) is 24.3 Å². The molecular formula is C18H22N2O4. The zero-order chi connectivity index (χ0) is 16.9. The lowest BCUT2D eigenvalue weighted by molar-refractivity contribution is -0.130. The number of esters is 1. The average Bonchev–Trinajstić information content (AvgIpc) is 3.06. The smallest absolute Gasteiger partial charge is 0.338 e. The maximum atomic E-state index is 12.0. The van der Waals surface area contributed by atoms with Crippen LogP contribution in [0.1, 0.15) is 53.9 Å². The number of nitrogens with one attached hydrogen (secondary N) is 1. The molecule has 0 aromatic heterocycles. The molecule has 1 aliphatic heterocycles. The van der Waals surface area contributed by atoms with Crippen LogP contribution in [0.3, 0.4) is 0 Å². The Balaban J connectivity index is 1.53. The molecule has 0 bridgehead atoms. The number of hydrogen-bond donors (Lipinski definition) is 1. The molecular weight excluding hydrogens is 308 g/mol. The largest absolute Gasteiger partial charge is 0.452 e. The van der Waals surface area contributed by atoms with Crippen LogP contribution in [-0.2, 0) is 9.53 Å². The highest BCUT2D eigenvalue weighted by molar-refractivity contribution is 5.98. The minimum atomic E-state index is -0.543. The van der Waals surface area contributed by atoms with E-state index in [-0.39, 0.29) is 0 Å². The average molecular weight is 330 g/mol. The van der Waals surface area contributed by atoms with Gasteiger partial charge >= 0.3 is 12.0 Å². The van der Waals surface area contributed by atoms with Crippen LogP contribution < -0.4 is 5.32 Å². The number of urea groups is 1. The van der Waals surface area contributed by atoms with Crippen LogP contribution in [0.2, 0.25) is 0 Å². The van der Waals surface area contributed by atoms with Crippen LogP contribution >= 0.6 is 0 Å². The summed E-state index contributed by atoms with van der Waals surface area (Å²) >= 11 is 0. The van der Waals surface area contributed by atoms with Crippen molar-refractivity contribution in [3.05, 3.63) is 35.4 Å². The summed E-state index contributed by atoms with van der Waals surface area (Å²) < 4.78 is 5.03. The molecule has 2 fully saturated rings. The van der Waals surface area contributed by atoms with Gasteiger partial charge in [-0.05, 0) is 36.5 Å². The molecule has 1 aromatic carbocycles. The minimum absolute atomic E-state index is 0.311. The van der Waals surface area contributed by atoms with Gasteiger partial charge in [-0.3, -0.25) is 9.69 Å². The minimum Gasteiger partial charge on any atom is -0.452 e. The van der Waals surface area contributed by atoms with E-state index >= 15 is 0 Å². The van der Waals surface area contributed by atoms with Crippen molar-refractivity contribution in [3.8, 4) is 0 Å². The predicted molar refractivity (Wildman–Crippen MR) is 87.7 cm³/mol. The van der Waals surface area contributed by atoms with Gasteiger partial charge in [0.25, 0.3) is 5.91 Å². The lowest BCUT2D eigenvalue weighted by atomic mass is 9.84. The zero-order valence-electron chi connectivity index (χ0n) is 13.6. The highest BCUT2D eigenvalue weighted by atomic mass is 16.5. The molecule has 0 atom stereocenters. The summed E-state index contributed by atoms with van der Waals surface area (Å²) in [6.07, 6.45) is 6.25. The number of amides is 3. The van der Waals surface area contributed by atoms with Gasteiger partial charge in [0.15, 0.2) is 6.61 Å². The predicted octanol–water partition coefficient (Wildman–Crippen LogP) is 2.44. The molecule has 1 saturated carbocycles. The molecule has 2 aliphatic rings. The number of carbonyl (C=O) groups is 3. The van der Waals surface area contributed by atoms with Crippen molar-refractivity contribution in [1.82, 2.24) is 10.2 Å². The van der Waals surface area contributed by atoms with Crippen LogP contribution in [0, 0.1) is 0 Å². The fourth-order valence-electron chi connectivity index (χ4n) is 3.33. The molecule has 1 heterocycles. The van der Waals surface area contributed by atoms with Gasteiger partial charge in [0, 0.05) is 13.1 Å². The van der Waals surface area contributed by atoms with Gasteiger partial charge in [-0.25, -0.2) is 9.59 Å². The Morgan fingerprint density at radius 1 is 1.12 bits per heavy atom. The summed E-state index contributed by atoms with van der Waals surface area (Å²) in [6.45, 7) is 0.323. The van der Waals surface area contributed by atoms with E-state index in [1.165, 1.54) is 37.7 Å². The Labute approximate surface area is 141 Å². The number of ether oxygens (including phenoxy) is 1. The SMILES string of the molecule is O=C(OCC(=O)N1CCNC1=O)c1ccc(C2CCCCC2)cc1. The second kappa shape index (κ2) is 7.47. The number of hydrogen-bond acceptors (Lipinski definition) is 4. The molecule has 0 spiro atoms. The van der Waals surface area contributed by atoms with Crippen LogP contribution in [0.4, 0.5) is 4.79 Å². The van der Waals surface area contributed by atoms with Crippen LogP contribution in [0.25, 0.3) is 0 Å². The van der Waals surface area contributed by atoms with Gasteiger partial charge in [-0.2, -0.15) is 0 Å². The topological polar surface area (TPSA) is 75.7 Å². The number of carbonyl (C=O) groups excluding carboxylic acids is 3. The van der Waals surface area contributed by atoms with Crippen molar-refractivity contribution in [2.24, 2.45) is 0 Å². The molecule has 3 rings (SSSR count). The van der Waals surface area contributed by atoms with Gasteiger partial charge in [0.1, 0.15) is 0 Å². The molecule has 24 heavy (non-hydrogen) atoms. The summed E-state index contributed by atoms with van der Waals surface area (Å²) in [5, 5.41) is 2.53. The molecule has 1 N–H and O–H groups in total. The molecule has 128 valence electrons. The molecule has 0 unspecified atom stereocenters. The molecule has 1 saturated heterocycles. The zero-order valence-corrected chi connectivity index (χ0v) is 13.6. The molecule has 0 radical (unpaired) electrons. The van der Waals surface area contributed by atoms with Crippen molar-refractivity contribution in [1.29, 1.82) is 0 Å². The number of nitrogens with zero attached hydrogens (tertiary/aromatic N) is 1. The number of imide groups is 1. The van der Waals surface area contributed by atoms with E-state index < -0.39 is 24.5 Å². The first-order valence-electron chi connectivity index (χ1n) is 8.50. The third-order valence-corrected chi connectivity index (χ3v) is 4.71. The van der Waals surface area contributed by atoms with Crippen LogP contribution in [-0.4, -0.2) is 42.5 Å². The van der Waals surface area contributed by atoms with E-state index in [0.29, 0.717) is 24.6 Å². The number of benzene rings is 1. The standard InChI is InChI=1S/C18H22N2O4/c21-16(20-11-10-19-18(20)23)12-24-17(22)15-8-6-14(7-9-15)13-4-2-1-3-5-13/h6-9,13H,1-5,10-12H2,(H,19,23). The molecule has 3 amide bonds. The van der Waals surface area contributed by atoms with Crippen molar-refractivity contribution in [2.75, 3.05) is 19.7 Å². The summed E-state index contributed by atoms with van der Waals surface area (Å²) in [4.78, 5) is 36.3. The van der Waals surface area contributed by atoms with Crippen molar-refractivity contribution >= 4 is 17.9 Å². The summed E-state index contributed by atoms with van der Waals surface area (Å²) in [7, 11) is 0. The van der Waals surface area contributed by atoms with E-state index in [0.717, 1.165) is 4.90 Å². The first-order valence-corrected chi connectivity index (χ1v) is 8.50. The van der Waals surface area contributed by atoms with Crippen LogP contribution in [0.5, 0.6) is 0 Å². The Hall–Kier alpha value is -2.37. The highest BCUT2D eigenvalue weighted by Crippen LogP contribution is 2.32. The fourth-order valence-corrected chi connectivity index (χ4v) is 3.33. The molecule has 1 aromatic rings. The van der Waals surface area contributed by atoms with Gasteiger partial charge in [-0.15, -0.1) is 0 Å². The second-order valence-corrected chi connectivity index (χ2v) is 6.31. The van der Waals surface area contributed by atoms with E-state index in [1.54, 1.807) is 12.1 Å². The van der Waals surface area contributed by atoms with E-state index in [9.17, 15) is 14.4 Å². The third kappa shape index (κ3) is 3.75. The van der Waals surface area contributed by atoms with Gasteiger partial charge < -0.3 is 10.1 Å². The van der Waals surface area contributed by atoms with E-state index in [1.807, 2.05) is 12.1 Å². The molecule has 1 aliphatic carbocycles. The highest BCUT2D eigenvalue weighted by Gasteiger charge is 2.27. The van der Waals surface area contributed by atoms with Gasteiger partial charge in [0.05, 0.1) is 5.56 Å². The van der Waals surface area contributed by atoms with E-state index in [2.05, 4.69) is 5.32 Å². The van der Waals surface area contributed by atoms with Crippen molar-refractivity contribution in [2.45, 2.75) is 38.0 Å². The normalized spacial score (nSPS) is 18.3. The monoisotopic (exact) mass is 330 g/mol.